The van der Waals surface area contributed by atoms with Gasteiger partial charge in [0.25, 0.3) is 5.91 Å². The molecule has 2 aromatic carbocycles. The van der Waals surface area contributed by atoms with Crippen molar-refractivity contribution in [1.82, 2.24) is 4.90 Å². The van der Waals surface area contributed by atoms with Crippen molar-refractivity contribution in [3.8, 4) is 0 Å². The number of carbonyl (C=O) groups is 1. The molecule has 2 aromatic rings. The number of rotatable bonds is 1. The van der Waals surface area contributed by atoms with Gasteiger partial charge in [0.1, 0.15) is 0 Å². The van der Waals surface area contributed by atoms with Gasteiger partial charge in [0.15, 0.2) is 11.6 Å². The molecule has 0 aromatic heterocycles. The zero-order chi connectivity index (χ0) is 15.9. The fourth-order valence-electron chi connectivity index (χ4n) is 2.91. The smallest absolute Gasteiger partial charge is 0.254 e. The molecule has 0 bridgehead atoms. The minimum Gasteiger partial charge on any atom is -0.334 e. The van der Waals surface area contributed by atoms with Crippen LogP contribution in [-0.2, 0) is 13.0 Å². The standard InChI is InChI=1S/C18H17F2NO/c1-11-9-15(12(2)17(20)16(11)19)18(22)21-8-7-13-5-3-4-6-14(13)10-21/h3-6,9H,7-8,10H2,1-2H3. The Morgan fingerprint density at radius 3 is 2.50 bits per heavy atom. The number of fused-ring (bicyclic) bond motifs is 1. The minimum atomic E-state index is -0.930. The Balaban J connectivity index is 1.93. The van der Waals surface area contributed by atoms with Gasteiger partial charge in [-0.3, -0.25) is 4.79 Å². The normalized spacial score (nSPS) is 13.9. The van der Waals surface area contributed by atoms with Crippen molar-refractivity contribution in [3.63, 3.8) is 0 Å². The van der Waals surface area contributed by atoms with Crippen molar-refractivity contribution >= 4 is 5.91 Å². The molecule has 3 rings (SSSR count). The molecule has 0 spiro atoms. The van der Waals surface area contributed by atoms with E-state index in [0.29, 0.717) is 13.1 Å². The lowest BCUT2D eigenvalue weighted by molar-refractivity contribution is 0.0733. The predicted octanol–water partition coefficient (Wildman–Crippen LogP) is 3.78. The second-order valence-corrected chi connectivity index (χ2v) is 5.74. The summed E-state index contributed by atoms with van der Waals surface area (Å²) < 4.78 is 27.4. The molecule has 1 amide bonds. The Morgan fingerprint density at radius 2 is 1.77 bits per heavy atom. The Morgan fingerprint density at radius 1 is 1.09 bits per heavy atom. The summed E-state index contributed by atoms with van der Waals surface area (Å²) in [5.74, 6) is -2.05. The van der Waals surface area contributed by atoms with Crippen LogP contribution in [0.15, 0.2) is 30.3 Å². The highest BCUT2D eigenvalue weighted by Gasteiger charge is 2.25. The van der Waals surface area contributed by atoms with Gasteiger partial charge in [-0.1, -0.05) is 24.3 Å². The molecule has 0 saturated heterocycles. The first-order valence-electron chi connectivity index (χ1n) is 7.30. The molecule has 1 heterocycles. The van der Waals surface area contributed by atoms with Gasteiger partial charge in [-0.25, -0.2) is 8.78 Å². The molecule has 1 aliphatic rings. The maximum atomic E-state index is 13.9. The Bertz CT molecular complexity index is 755. The van der Waals surface area contributed by atoms with E-state index < -0.39 is 11.6 Å². The summed E-state index contributed by atoms with van der Waals surface area (Å²) in [5, 5.41) is 0. The minimum absolute atomic E-state index is 0.0759. The van der Waals surface area contributed by atoms with E-state index in [4.69, 9.17) is 0 Å². The number of amides is 1. The van der Waals surface area contributed by atoms with Gasteiger partial charge in [-0.2, -0.15) is 0 Å². The van der Waals surface area contributed by atoms with E-state index >= 15 is 0 Å². The quantitative estimate of drug-likeness (QED) is 0.785. The van der Waals surface area contributed by atoms with Crippen molar-refractivity contribution in [2.45, 2.75) is 26.8 Å². The van der Waals surface area contributed by atoms with Crippen LogP contribution in [0.25, 0.3) is 0 Å². The van der Waals surface area contributed by atoms with Crippen LogP contribution < -0.4 is 0 Å². The Labute approximate surface area is 128 Å². The van der Waals surface area contributed by atoms with Crippen LogP contribution in [-0.4, -0.2) is 17.4 Å². The van der Waals surface area contributed by atoms with E-state index in [-0.39, 0.29) is 22.6 Å². The average molecular weight is 301 g/mol. The van der Waals surface area contributed by atoms with E-state index in [1.54, 1.807) is 4.90 Å². The first-order valence-corrected chi connectivity index (χ1v) is 7.30. The maximum absolute atomic E-state index is 13.9. The maximum Gasteiger partial charge on any atom is 0.254 e. The van der Waals surface area contributed by atoms with E-state index in [9.17, 15) is 13.6 Å². The first kappa shape index (κ1) is 14.7. The molecular weight excluding hydrogens is 284 g/mol. The largest absolute Gasteiger partial charge is 0.334 e. The molecule has 2 nitrogen and oxygen atoms in total. The number of carbonyl (C=O) groups excluding carboxylic acids is 1. The van der Waals surface area contributed by atoms with E-state index in [2.05, 4.69) is 6.07 Å². The molecule has 0 fully saturated rings. The van der Waals surface area contributed by atoms with Gasteiger partial charge >= 0.3 is 0 Å². The van der Waals surface area contributed by atoms with Crippen LogP contribution in [0.2, 0.25) is 0 Å². The van der Waals surface area contributed by atoms with Crippen molar-refractivity contribution in [1.29, 1.82) is 0 Å². The molecule has 0 N–H and O–H groups in total. The predicted molar refractivity (Wildman–Crippen MR) is 80.7 cm³/mol. The van der Waals surface area contributed by atoms with Gasteiger partial charge < -0.3 is 4.90 Å². The summed E-state index contributed by atoms with van der Waals surface area (Å²) in [6.07, 6.45) is 0.781. The summed E-state index contributed by atoms with van der Waals surface area (Å²) in [4.78, 5) is 14.4. The fourth-order valence-corrected chi connectivity index (χ4v) is 2.91. The summed E-state index contributed by atoms with van der Waals surface area (Å²) in [6, 6.07) is 9.43. The lowest BCUT2D eigenvalue weighted by Crippen LogP contribution is -2.36. The third-order valence-corrected chi connectivity index (χ3v) is 4.28. The SMILES string of the molecule is Cc1cc(C(=O)N2CCc3ccccc3C2)c(C)c(F)c1F. The van der Waals surface area contributed by atoms with Crippen LogP contribution in [0.4, 0.5) is 8.78 Å². The Hall–Kier alpha value is -2.23. The number of nitrogens with zero attached hydrogens (tertiary/aromatic N) is 1. The number of aryl methyl sites for hydroxylation is 1. The molecule has 114 valence electrons. The molecule has 0 radical (unpaired) electrons. The summed E-state index contributed by atoms with van der Waals surface area (Å²) in [5.41, 5.74) is 2.83. The molecule has 22 heavy (non-hydrogen) atoms. The van der Waals surface area contributed by atoms with Crippen molar-refractivity contribution in [3.05, 3.63) is 69.8 Å². The lowest BCUT2D eigenvalue weighted by Gasteiger charge is -2.29. The van der Waals surface area contributed by atoms with Crippen molar-refractivity contribution in [2.75, 3.05) is 6.54 Å². The molecule has 4 heteroatoms. The van der Waals surface area contributed by atoms with Crippen molar-refractivity contribution in [2.24, 2.45) is 0 Å². The molecule has 0 unspecified atom stereocenters. The highest BCUT2D eigenvalue weighted by atomic mass is 19.2. The van der Waals surface area contributed by atoms with Crippen LogP contribution in [0.1, 0.15) is 32.6 Å². The summed E-state index contributed by atoms with van der Waals surface area (Å²) in [6.45, 7) is 4.02. The number of halogens is 2. The average Bonchev–Trinajstić information content (AvgIpc) is 2.55. The van der Waals surface area contributed by atoms with Crippen LogP contribution >= 0.6 is 0 Å². The second kappa shape index (κ2) is 5.52. The third kappa shape index (κ3) is 2.39. The molecule has 0 aliphatic carbocycles. The topological polar surface area (TPSA) is 20.3 Å². The number of benzene rings is 2. The third-order valence-electron chi connectivity index (χ3n) is 4.28. The van der Waals surface area contributed by atoms with Gasteiger partial charge in [0, 0.05) is 24.2 Å². The van der Waals surface area contributed by atoms with Gasteiger partial charge in [-0.05, 0) is 43.0 Å². The zero-order valence-electron chi connectivity index (χ0n) is 12.6. The number of hydrogen-bond acceptors (Lipinski definition) is 1. The second-order valence-electron chi connectivity index (χ2n) is 5.74. The van der Waals surface area contributed by atoms with Crippen molar-refractivity contribution < 1.29 is 13.6 Å². The fraction of sp³-hybridized carbons (Fsp3) is 0.278. The van der Waals surface area contributed by atoms with E-state index in [1.165, 1.54) is 25.5 Å². The molecule has 1 aliphatic heterocycles. The van der Waals surface area contributed by atoms with Crippen LogP contribution in [0, 0.1) is 25.5 Å². The Kier molecular flexibility index (Phi) is 3.69. The van der Waals surface area contributed by atoms with Gasteiger partial charge in [0.05, 0.1) is 0 Å². The van der Waals surface area contributed by atoms with Crippen LogP contribution in [0.5, 0.6) is 0 Å². The lowest BCUT2D eigenvalue weighted by atomic mass is 9.98. The van der Waals surface area contributed by atoms with Crippen LogP contribution in [0.3, 0.4) is 0 Å². The highest BCUT2D eigenvalue weighted by Crippen LogP contribution is 2.24. The monoisotopic (exact) mass is 301 g/mol. The highest BCUT2D eigenvalue weighted by molar-refractivity contribution is 5.96. The number of hydrogen-bond donors (Lipinski definition) is 0. The summed E-state index contributed by atoms with van der Waals surface area (Å²) >= 11 is 0. The van der Waals surface area contributed by atoms with E-state index in [1.807, 2.05) is 18.2 Å². The zero-order valence-corrected chi connectivity index (χ0v) is 12.6. The summed E-state index contributed by atoms with van der Waals surface area (Å²) in [7, 11) is 0. The van der Waals surface area contributed by atoms with Gasteiger partial charge in [0.2, 0.25) is 0 Å². The molecule has 0 saturated carbocycles. The first-order chi connectivity index (χ1) is 10.5. The molecule has 0 atom stereocenters. The van der Waals surface area contributed by atoms with E-state index in [0.717, 1.165) is 12.0 Å². The van der Waals surface area contributed by atoms with Gasteiger partial charge in [-0.15, -0.1) is 0 Å². The molecular formula is C18H17F2NO.